The number of carbonyl (C=O) groups is 1. The first-order chi connectivity index (χ1) is 13.9. The van der Waals surface area contributed by atoms with Gasteiger partial charge in [0, 0.05) is 10.0 Å². The topological polar surface area (TPSA) is 105 Å². The van der Waals surface area contributed by atoms with Crippen molar-refractivity contribution in [2.24, 2.45) is 0 Å². The highest BCUT2D eigenvalue weighted by Crippen LogP contribution is 2.47. The predicted molar refractivity (Wildman–Crippen MR) is 115 cm³/mol. The lowest BCUT2D eigenvalue weighted by Crippen LogP contribution is -2.18. The SMILES string of the molecule is CCOP(=O)(OCC)c1ccc(C(=O)Nc2ccc(Br)cc2C#N)c(CP=O)c1. The molecule has 7 nitrogen and oxygen atoms in total. The zero-order valence-corrected chi connectivity index (χ0v) is 19.2. The molecule has 10 heteroatoms. The summed E-state index contributed by atoms with van der Waals surface area (Å²) in [4.78, 5) is 12.8. The number of nitrogens with one attached hydrogen (secondary N) is 1. The molecule has 0 heterocycles. The van der Waals surface area contributed by atoms with Gasteiger partial charge in [-0.05, 0) is 55.8 Å². The van der Waals surface area contributed by atoms with Crippen LogP contribution in [-0.4, -0.2) is 19.1 Å². The molecule has 2 aromatic carbocycles. The van der Waals surface area contributed by atoms with Crippen molar-refractivity contribution < 1.29 is 23.0 Å². The largest absolute Gasteiger partial charge is 0.361 e. The van der Waals surface area contributed by atoms with Crippen LogP contribution in [0.2, 0.25) is 0 Å². The van der Waals surface area contributed by atoms with Gasteiger partial charge in [-0.25, -0.2) is 0 Å². The van der Waals surface area contributed by atoms with Crippen molar-refractivity contribution in [3.63, 3.8) is 0 Å². The molecular formula is C19H19BrN2O5P2. The minimum atomic E-state index is -3.54. The average Bonchev–Trinajstić information content (AvgIpc) is 2.69. The Morgan fingerprint density at radius 3 is 2.48 bits per heavy atom. The molecule has 0 bridgehead atoms. The number of rotatable bonds is 9. The fraction of sp³-hybridized carbons (Fsp3) is 0.263. The Balaban J connectivity index is 2.42. The van der Waals surface area contributed by atoms with Crippen molar-refractivity contribution in [2.75, 3.05) is 18.5 Å². The Morgan fingerprint density at radius 2 is 1.90 bits per heavy atom. The molecule has 0 unspecified atom stereocenters. The number of anilines is 1. The van der Waals surface area contributed by atoms with Crippen molar-refractivity contribution in [1.82, 2.24) is 0 Å². The van der Waals surface area contributed by atoms with E-state index in [9.17, 15) is 19.2 Å². The molecule has 0 aliphatic rings. The van der Waals surface area contributed by atoms with Crippen molar-refractivity contribution in [1.29, 1.82) is 5.26 Å². The van der Waals surface area contributed by atoms with Crippen molar-refractivity contribution in [2.45, 2.75) is 20.0 Å². The third-order valence-corrected chi connectivity index (χ3v) is 6.90. The molecule has 0 aliphatic carbocycles. The van der Waals surface area contributed by atoms with Crippen LogP contribution >= 0.6 is 32.0 Å². The lowest BCUT2D eigenvalue weighted by atomic mass is 10.1. The normalized spacial score (nSPS) is 11.2. The molecule has 0 aliphatic heterocycles. The van der Waals surface area contributed by atoms with Crippen molar-refractivity contribution in [3.05, 3.63) is 57.6 Å². The first kappa shape index (κ1) is 23.4. The van der Waals surface area contributed by atoms with Crippen LogP contribution in [0.15, 0.2) is 40.9 Å². The van der Waals surface area contributed by atoms with E-state index in [0.717, 1.165) is 0 Å². The molecule has 0 spiro atoms. The first-order valence-electron chi connectivity index (χ1n) is 8.71. The van der Waals surface area contributed by atoms with Crippen molar-refractivity contribution in [3.8, 4) is 6.07 Å². The summed E-state index contributed by atoms with van der Waals surface area (Å²) < 4.78 is 35.6. The Labute approximate surface area is 179 Å². The predicted octanol–water partition coefficient (Wildman–Crippen LogP) is 5.26. The molecule has 2 rings (SSSR count). The monoisotopic (exact) mass is 496 g/mol. The Morgan fingerprint density at radius 1 is 1.21 bits per heavy atom. The van der Waals surface area contributed by atoms with Crippen LogP contribution in [-0.2, 0) is 24.3 Å². The Bertz CT molecular complexity index is 997. The highest BCUT2D eigenvalue weighted by molar-refractivity contribution is 9.10. The molecule has 2 aromatic rings. The van der Waals surface area contributed by atoms with E-state index in [1.165, 1.54) is 18.2 Å². The average molecular weight is 497 g/mol. The molecule has 152 valence electrons. The molecule has 0 saturated heterocycles. The molecule has 0 atom stereocenters. The number of carbonyl (C=O) groups excluding carboxylic acids is 1. The number of amides is 1. The molecule has 0 aromatic heterocycles. The first-order valence-corrected chi connectivity index (χ1v) is 12.0. The second-order valence-corrected chi connectivity index (χ2v) is 9.24. The second-order valence-electron chi connectivity index (χ2n) is 5.72. The van der Waals surface area contributed by atoms with E-state index in [4.69, 9.17) is 9.05 Å². The summed E-state index contributed by atoms with van der Waals surface area (Å²) in [6, 6.07) is 11.4. The van der Waals surface area contributed by atoms with Crippen LogP contribution in [0.1, 0.15) is 35.3 Å². The van der Waals surface area contributed by atoms with Gasteiger partial charge in [-0.2, -0.15) is 5.26 Å². The van der Waals surface area contributed by atoms with Gasteiger partial charge in [-0.3, -0.25) is 13.9 Å². The summed E-state index contributed by atoms with van der Waals surface area (Å²) in [6.07, 6.45) is 0.0420. The van der Waals surface area contributed by atoms with Crippen LogP contribution in [0.3, 0.4) is 0 Å². The molecule has 0 saturated carbocycles. The number of nitrogens with zero attached hydrogens (tertiary/aromatic N) is 1. The van der Waals surface area contributed by atoms with Gasteiger partial charge in [0.05, 0.1) is 35.9 Å². The maximum atomic E-state index is 13.0. The number of hydrogen-bond acceptors (Lipinski definition) is 6. The number of hydrogen-bond donors (Lipinski definition) is 1. The van der Waals surface area contributed by atoms with Gasteiger partial charge in [0.25, 0.3) is 5.91 Å². The summed E-state index contributed by atoms with van der Waals surface area (Å²) in [5.74, 6) is -0.475. The maximum absolute atomic E-state index is 13.0. The zero-order chi connectivity index (χ0) is 21.4. The summed E-state index contributed by atoms with van der Waals surface area (Å²) in [7, 11) is -3.74. The van der Waals surface area contributed by atoms with Crippen LogP contribution in [0, 0.1) is 11.3 Å². The molecule has 1 amide bonds. The standard InChI is InChI=1S/C19H19BrN2O5P2/c1-3-26-29(25,27-4-2)16-6-7-17(14(10-16)12-28-24)19(23)22-18-8-5-15(20)9-13(18)11-21/h5-10H,3-4,12H2,1-2H3,(H,22,23). The van der Waals surface area contributed by atoms with E-state index in [0.29, 0.717) is 21.3 Å². The highest BCUT2D eigenvalue weighted by Gasteiger charge is 2.28. The third kappa shape index (κ3) is 5.82. The van der Waals surface area contributed by atoms with Crippen LogP contribution < -0.4 is 10.6 Å². The lowest BCUT2D eigenvalue weighted by Gasteiger charge is -2.18. The number of nitriles is 1. The van der Waals surface area contributed by atoms with E-state index in [1.807, 2.05) is 6.07 Å². The van der Waals surface area contributed by atoms with Gasteiger partial charge in [0.15, 0.2) is 8.46 Å². The van der Waals surface area contributed by atoms with E-state index in [-0.39, 0.29) is 38.7 Å². The molecule has 0 radical (unpaired) electrons. The maximum Gasteiger partial charge on any atom is 0.361 e. The van der Waals surface area contributed by atoms with E-state index >= 15 is 0 Å². The van der Waals surface area contributed by atoms with Gasteiger partial charge in [0.2, 0.25) is 0 Å². The molecule has 1 N–H and O–H groups in total. The van der Waals surface area contributed by atoms with Crippen LogP contribution in [0.25, 0.3) is 0 Å². The quantitative estimate of drug-likeness (QED) is 0.475. The fourth-order valence-corrected chi connectivity index (χ4v) is 4.99. The second kappa shape index (κ2) is 10.8. The summed E-state index contributed by atoms with van der Waals surface area (Å²) in [5.41, 5.74) is 1.32. The van der Waals surface area contributed by atoms with E-state index in [2.05, 4.69) is 21.2 Å². The minimum absolute atomic E-state index is 0.0420. The molecule has 29 heavy (non-hydrogen) atoms. The van der Waals surface area contributed by atoms with Gasteiger partial charge in [-0.1, -0.05) is 15.9 Å². The lowest BCUT2D eigenvalue weighted by molar-refractivity contribution is 0.102. The van der Waals surface area contributed by atoms with Gasteiger partial charge in [0.1, 0.15) is 6.07 Å². The molecule has 0 fully saturated rings. The highest BCUT2D eigenvalue weighted by atomic mass is 79.9. The summed E-state index contributed by atoms with van der Waals surface area (Å²) in [5, 5.41) is 12.3. The van der Waals surface area contributed by atoms with Crippen LogP contribution in [0.5, 0.6) is 0 Å². The van der Waals surface area contributed by atoms with Crippen LogP contribution in [0.4, 0.5) is 5.69 Å². The number of benzene rings is 2. The molecular weight excluding hydrogens is 478 g/mol. The van der Waals surface area contributed by atoms with Gasteiger partial charge in [-0.15, -0.1) is 0 Å². The van der Waals surface area contributed by atoms with E-state index < -0.39 is 13.5 Å². The minimum Gasteiger partial charge on any atom is -0.321 e. The van der Waals surface area contributed by atoms with E-state index in [1.54, 1.807) is 32.0 Å². The summed E-state index contributed by atoms with van der Waals surface area (Å²) in [6.45, 7) is 3.79. The fourth-order valence-electron chi connectivity index (χ4n) is 2.61. The summed E-state index contributed by atoms with van der Waals surface area (Å²) >= 11 is 3.28. The van der Waals surface area contributed by atoms with Gasteiger partial charge < -0.3 is 14.4 Å². The number of halogens is 1. The van der Waals surface area contributed by atoms with Gasteiger partial charge >= 0.3 is 7.60 Å². The Hall–Kier alpha value is -1.87. The Kier molecular flexibility index (Phi) is 8.70. The van der Waals surface area contributed by atoms with Crippen molar-refractivity contribution >= 4 is 48.9 Å². The zero-order valence-electron chi connectivity index (χ0n) is 15.8. The smallest absolute Gasteiger partial charge is 0.321 e. The third-order valence-electron chi connectivity index (χ3n) is 3.83.